The topological polar surface area (TPSA) is 58.4 Å². The number of carbonyl (C=O) groups excluding carboxylic acids is 1. The lowest BCUT2D eigenvalue weighted by Crippen LogP contribution is -2.43. The average molecular weight is 283 g/mol. The molecule has 1 N–H and O–H groups in total. The Kier molecular flexibility index (Phi) is 3.00. The Morgan fingerprint density at radius 3 is 2.86 bits per heavy atom. The van der Waals surface area contributed by atoms with E-state index in [9.17, 15) is 4.79 Å². The van der Waals surface area contributed by atoms with Crippen molar-refractivity contribution in [1.82, 2.24) is 15.2 Å². The summed E-state index contributed by atoms with van der Waals surface area (Å²) >= 11 is 0. The minimum absolute atomic E-state index is 0.139. The molecule has 0 radical (unpaired) electrons. The second kappa shape index (κ2) is 5.00. The van der Waals surface area contributed by atoms with Crippen molar-refractivity contribution in [2.75, 3.05) is 19.6 Å². The average Bonchev–Trinajstić information content (AvgIpc) is 3.24. The molecule has 1 amide bonds. The number of amides is 1. The van der Waals surface area contributed by atoms with Gasteiger partial charge in [-0.2, -0.15) is 0 Å². The molecule has 2 aliphatic heterocycles. The van der Waals surface area contributed by atoms with Crippen LogP contribution >= 0.6 is 0 Å². The lowest BCUT2D eigenvalue weighted by atomic mass is 10.00. The minimum atomic E-state index is -0.139. The fourth-order valence-corrected chi connectivity index (χ4v) is 3.28. The van der Waals surface area contributed by atoms with Gasteiger partial charge in [0.15, 0.2) is 5.69 Å². The number of benzene rings is 1. The lowest BCUT2D eigenvalue weighted by Gasteiger charge is -2.22. The predicted molar refractivity (Wildman–Crippen MR) is 77.7 cm³/mol. The summed E-state index contributed by atoms with van der Waals surface area (Å²) < 4.78 is 5.42. The quantitative estimate of drug-likeness (QED) is 0.932. The van der Waals surface area contributed by atoms with Gasteiger partial charge < -0.3 is 14.6 Å². The van der Waals surface area contributed by atoms with E-state index in [0.29, 0.717) is 17.5 Å². The highest BCUT2D eigenvalue weighted by atomic mass is 16.3. The van der Waals surface area contributed by atoms with Gasteiger partial charge in [0.2, 0.25) is 5.89 Å². The molecule has 2 fully saturated rings. The molecule has 21 heavy (non-hydrogen) atoms. The summed E-state index contributed by atoms with van der Waals surface area (Å²) in [6.45, 7) is 3.23. The van der Waals surface area contributed by atoms with Crippen LogP contribution in [-0.4, -0.2) is 41.5 Å². The van der Waals surface area contributed by atoms with Crippen LogP contribution in [0.25, 0.3) is 11.5 Å². The molecular formula is C16H17N3O2. The van der Waals surface area contributed by atoms with E-state index in [4.69, 9.17) is 4.42 Å². The van der Waals surface area contributed by atoms with Crippen molar-refractivity contribution in [3.05, 3.63) is 42.3 Å². The van der Waals surface area contributed by atoms with Gasteiger partial charge >= 0.3 is 0 Å². The Morgan fingerprint density at radius 2 is 2.14 bits per heavy atom. The molecule has 2 aromatic rings. The van der Waals surface area contributed by atoms with E-state index in [1.165, 1.54) is 19.2 Å². The number of piperidine rings is 1. The highest BCUT2D eigenvalue weighted by Crippen LogP contribution is 2.28. The van der Waals surface area contributed by atoms with E-state index in [1.54, 1.807) is 0 Å². The van der Waals surface area contributed by atoms with E-state index < -0.39 is 0 Å². The number of nitrogens with one attached hydrogen (secondary N) is 1. The SMILES string of the molecule is O=C(N[C@H]1CN2CC[C@H]1C2)c1coc(-c2ccccc2)n1. The highest BCUT2D eigenvalue weighted by Gasteiger charge is 2.38. The van der Waals surface area contributed by atoms with Crippen LogP contribution in [-0.2, 0) is 0 Å². The third-order valence-corrected chi connectivity index (χ3v) is 4.41. The number of hydrogen-bond donors (Lipinski definition) is 1. The molecule has 2 aliphatic rings. The fraction of sp³-hybridized carbons (Fsp3) is 0.375. The first-order valence-corrected chi connectivity index (χ1v) is 7.34. The number of nitrogens with zero attached hydrogens (tertiary/aromatic N) is 2. The van der Waals surface area contributed by atoms with E-state index in [-0.39, 0.29) is 11.9 Å². The Hall–Kier alpha value is -2.14. The first-order chi connectivity index (χ1) is 10.3. The van der Waals surface area contributed by atoms with Gasteiger partial charge in [-0.15, -0.1) is 0 Å². The Balaban J connectivity index is 1.47. The number of hydrogen-bond acceptors (Lipinski definition) is 4. The summed E-state index contributed by atoms with van der Waals surface area (Å²) in [4.78, 5) is 19.0. The van der Waals surface area contributed by atoms with Gasteiger partial charge in [-0.3, -0.25) is 4.79 Å². The summed E-state index contributed by atoms with van der Waals surface area (Å²) in [6, 6.07) is 9.85. The Bertz CT molecular complexity index is 653. The molecule has 1 aromatic heterocycles. The maximum Gasteiger partial charge on any atom is 0.273 e. The normalized spacial score (nSPS) is 27.0. The third-order valence-electron chi connectivity index (χ3n) is 4.41. The highest BCUT2D eigenvalue weighted by molar-refractivity contribution is 5.92. The van der Waals surface area contributed by atoms with Crippen molar-refractivity contribution >= 4 is 5.91 Å². The molecule has 2 bridgehead atoms. The van der Waals surface area contributed by atoms with E-state index in [0.717, 1.165) is 18.7 Å². The van der Waals surface area contributed by atoms with Gasteiger partial charge in [0.1, 0.15) is 6.26 Å². The van der Waals surface area contributed by atoms with Crippen molar-refractivity contribution in [3.63, 3.8) is 0 Å². The molecule has 0 spiro atoms. The smallest absolute Gasteiger partial charge is 0.273 e. The second-order valence-electron chi connectivity index (χ2n) is 5.79. The van der Waals surface area contributed by atoms with Gasteiger partial charge in [-0.25, -0.2) is 4.98 Å². The van der Waals surface area contributed by atoms with Crippen molar-refractivity contribution in [2.24, 2.45) is 5.92 Å². The molecule has 5 nitrogen and oxygen atoms in total. The Morgan fingerprint density at radius 1 is 1.29 bits per heavy atom. The van der Waals surface area contributed by atoms with E-state index in [1.807, 2.05) is 30.3 Å². The second-order valence-corrected chi connectivity index (χ2v) is 5.79. The van der Waals surface area contributed by atoms with E-state index in [2.05, 4.69) is 15.2 Å². The molecule has 3 atom stereocenters. The van der Waals surface area contributed by atoms with Crippen LogP contribution in [0.1, 0.15) is 16.9 Å². The molecule has 108 valence electrons. The van der Waals surface area contributed by atoms with Crippen LogP contribution < -0.4 is 5.32 Å². The van der Waals surface area contributed by atoms with Crippen molar-refractivity contribution in [1.29, 1.82) is 0 Å². The summed E-state index contributed by atoms with van der Waals surface area (Å²) in [5.74, 6) is 0.937. The third kappa shape index (κ3) is 2.34. The van der Waals surface area contributed by atoms with Crippen LogP contribution in [0.5, 0.6) is 0 Å². The van der Waals surface area contributed by atoms with Crippen molar-refractivity contribution in [2.45, 2.75) is 12.5 Å². The maximum atomic E-state index is 12.3. The van der Waals surface area contributed by atoms with Gasteiger partial charge in [0, 0.05) is 24.7 Å². The van der Waals surface area contributed by atoms with Crippen molar-refractivity contribution < 1.29 is 9.21 Å². The molecule has 4 rings (SSSR count). The van der Waals surface area contributed by atoms with Crippen LogP contribution in [0.4, 0.5) is 0 Å². The standard InChI is InChI=1S/C16H17N3O2/c20-15(17-13-9-19-7-6-12(13)8-19)14-10-21-16(18-14)11-4-2-1-3-5-11/h1-5,10,12-13H,6-9H2,(H,17,20)/t12-,13-/m0/s1. The lowest BCUT2D eigenvalue weighted by molar-refractivity contribution is 0.0919. The number of rotatable bonds is 3. The molecule has 1 unspecified atom stereocenters. The van der Waals surface area contributed by atoms with Gasteiger partial charge in [-0.1, -0.05) is 18.2 Å². The molecule has 0 aliphatic carbocycles. The minimum Gasteiger partial charge on any atom is -0.444 e. The number of carbonyl (C=O) groups is 1. The van der Waals surface area contributed by atoms with Crippen LogP contribution in [0.3, 0.4) is 0 Å². The van der Waals surface area contributed by atoms with Gasteiger partial charge in [0.05, 0.1) is 0 Å². The van der Waals surface area contributed by atoms with E-state index >= 15 is 0 Å². The largest absolute Gasteiger partial charge is 0.444 e. The summed E-state index contributed by atoms with van der Waals surface area (Å²) in [6.07, 6.45) is 2.62. The summed E-state index contributed by atoms with van der Waals surface area (Å²) in [7, 11) is 0. The van der Waals surface area contributed by atoms with Gasteiger partial charge in [0.25, 0.3) is 5.91 Å². The monoisotopic (exact) mass is 283 g/mol. The first kappa shape index (κ1) is 12.6. The zero-order chi connectivity index (χ0) is 14.2. The number of fused-ring (bicyclic) bond motifs is 2. The molecule has 2 saturated heterocycles. The first-order valence-electron chi connectivity index (χ1n) is 7.34. The zero-order valence-electron chi connectivity index (χ0n) is 11.7. The zero-order valence-corrected chi connectivity index (χ0v) is 11.7. The van der Waals surface area contributed by atoms with Crippen LogP contribution in [0.15, 0.2) is 41.0 Å². The molecule has 1 aromatic carbocycles. The number of aromatic nitrogens is 1. The van der Waals surface area contributed by atoms with Crippen molar-refractivity contribution in [3.8, 4) is 11.5 Å². The molecule has 3 heterocycles. The Labute approximate surface area is 123 Å². The molecular weight excluding hydrogens is 266 g/mol. The van der Waals surface area contributed by atoms with Crippen LogP contribution in [0.2, 0.25) is 0 Å². The summed E-state index contributed by atoms with van der Waals surface area (Å²) in [5, 5.41) is 3.09. The molecule has 0 saturated carbocycles. The van der Waals surface area contributed by atoms with Crippen LogP contribution in [0, 0.1) is 5.92 Å². The molecule has 5 heteroatoms. The fourth-order valence-electron chi connectivity index (χ4n) is 3.28. The van der Waals surface area contributed by atoms with Gasteiger partial charge in [-0.05, 0) is 31.0 Å². The summed E-state index contributed by atoms with van der Waals surface area (Å²) in [5.41, 5.74) is 1.23. The predicted octanol–water partition coefficient (Wildman–Crippen LogP) is 1.78. The number of oxazole rings is 1. The maximum absolute atomic E-state index is 12.3.